The summed E-state index contributed by atoms with van der Waals surface area (Å²) in [6.07, 6.45) is 2.08. The summed E-state index contributed by atoms with van der Waals surface area (Å²) in [5.74, 6) is 5.10. The molecule has 0 radical (unpaired) electrons. The first-order chi connectivity index (χ1) is 8.33. The average Bonchev–Trinajstić information content (AvgIpc) is 2.96. The number of ether oxygens (including phenoxy) is 1. The summed E-state index contributed by atoms with van der Waals surface area (Å²) in [6, 6.07) is 10.8. The molecule has 2 heterocycles. The molecule has 2 saturated heterocycles. The van der Waals surface area contributed by atoms with Crippen LogP contribution in [0.25, 0.3) is 0 Å². The molecule has 2 bridgehead atoms. The Balaban J connectivity index is 1.75. The van der Waals surface area contributed by atoms with Gasteiger partial charge < -0.3 is 14.9 Å². The van der Waals surface area contributed by atoms with Crippen LogP contribution < -0.4 is 11.2 Å². The molecule has 92 valence electrons. The lowest BCUT2D eigenvalue weighted by molar-refractivity contribution is -0.0764. The lowest BCUT2D eigenvalue weighted by atomic mass is 9.98. The van der Waals surface area contributed by atoms with E-state index >= 15 is 0 Å². The number of morpholine rings is 1. The highest BCUT2D eigenvalue weighted by Gasteiger charge is 2.51. The molecule has 3 unspecified atom stereocenters. The van der Waals surface area contributed by atoms with E-state index in [9.17, 15) is 0 Å². The SMILES string of the molecule is NOCCC12CNC(C1)C(c1ccccc1)O2. The Kier molecular flexibility index (Phi) is 2.88. The zero-order valence-electron chi connectivity index (χ0n) is 9.76. The molecule has 4 nitrogen and oxygen atoms in total. The number of rotatable bonds is 4. The van der Waals surface area contributed by atoms with Gasteiger partial charge in [0.05, 0.1) is 18.3 Å². The van der Waals surface area contributed by atoms with Crippen LogP contribution in [0.3, 0.4) is 0 Å². The van der Waals surface area contributed by atoms with Crippen LogP contribution in [0.4, 0.5) is 0 Å². The zero-order chi connectivity index (χ0) is 11.7. The summed E-state index contributed by atoms with van der Waals surface area (Å²) in [5, 5.41) is 3.53. The summed E-state index contributed by atoms with van der Waals surface area (Å²) in [5.41, 5.74) is 1.17. The van der Waals surface area contributed by atoms with Crippen LogP contribution >= 0.6 is 0 Å². The standard InChI is InChI=1S/C13H18N2O2/c14-16-7-6-13-8-11(15-9-13)12(17-13)10-4-2-1-3-5-10/h1-5,11-12,15H,6-9,14H2. The fourth-order valence-electron chi connectivity index (χ4n) is 2.95. The van der Waals surface area contributed by atoms with Gasteiger partial charge in [0.1, 0.15) is 0 Å². The maximum atomic E-state index is 6.24. The highest BCUT2D eigenvalue weighted by molar-refractivity contribution is 5.23. The smallest absolute Gasteiger partial charge is 0.0987 e. The molecular formula is C13H18N2O2. The Morgan fingerprint density at radius 1 is 1.41 bits per heavy atom. The first-order valence-corrected chi connectivity index (χ1v) is 6.11. The van der Waals surface area contributed by atoms with Crippen LogP contribution in [-0.2, 0) is 9.57 Å². The molecule has 0 aromatic heterocycles. The van der Waals surface area contributed by atoms with Gasteiger partial charge in [-0.1, -0.05) is 30.3 Å². The van der Waals surface area contributed by atoms with E-state index in [1.165, 1.54) is 5.56 Å². The van der Waals surface area contributed by atoms with E-state index in [1.54, 1.807) is 0 Å². The normalized spacial score (nSPS) is 35.4. The number of benzene rings is 1. The predicted molar refractivity (Wildman–Crippen MR) is 64.2 cm³/mol. The maximum Gasteiger partial charge on any atom is 0.0987 e. The van der Waals surface area contributed by atoms with Gasteiger partial charge in [-0.25, -0.2) is 5.90 Å². The van der Waals surface area contributed by atoms with Gasteiger partial charge in [0, 0.05) is 19.0 Å². The second kappa shape index (κ2) is 4.38. The molecular weight excluding hydrogens is 216 g/mol. The van der Waals surface area contributed by atoms with Crippen molar-refractivity contribution in [3.05, 3.63) is 35.9 Å². The molecule has 2 fully saturated rings. The monoisotopic (exact) mass is 234 g/mol. The lowest BCUT2D eigenvalue weighted by Gasteiger charge is -2.31. The Morgan fingerprint density at radius 3 is 3.00 bits per heavy atom. The Morgan fingerprint density at radius 2 is 2.24 bits per heavy atom. The maximum absolute atomic E-state index is 6.24. The highest BCUT2D eigenvalue weighted by atomic mass is 16.6. The van der Waals surface area contributed by atoms with Crippen molar-refractivity contribution in [2.45, 2.75) is 30.6 Å². The molecule has 1 aromatic rings. The number of nitrogens with two attached hydrogens (primary N) is 1. The topological polar surface area (TPSA) is 56.5 Å². The minimum atomic E-state index is -0.0788. The minimum Gasteiger partial charge on any atom is -0.364 e. The molecule has 0 amide bonds. The molecule has 3 atom stereocenters. The van der Waals surface area contributed by atoms with E-state index < -0.39 is 0 Å². The molecule has 0 saturated carbocycles. The van der Waals surface area contributed by atoms with Gasteiger partial charge in [-0.3, -0.25) is 0 Å². The number of hydrogen-bond acceptors (Lipinski definition) is 4. The lowest BCUT2D eigenvalue weighted by Crippen LogP contribution is -2.41. The fraction of sp³-hybridized carbons (Fsp3) is 0.538. The second-order valence-electron chi connectivity index (χ2n) is 4.94. The third-order valence-electron chi connectivity index (χ3n) is 3.82. The third kappa shape index (κ3) is 1.98. The van der Waals surface area contributed by atoms with Crippen LogP contribution in [-0.4, -0.2) is 24.8 Å². The van der Waals surface area contributed by atoms with E-state index in [-0.39, 0.29) is 11.7 Å². The zero-order valence-corrected chi connectivity index (χ0v) is 9.76. The van der Waals surface area contributed by atoms with Crippen molar-refractivity contribution in [2.24, 2.45) is 5.90 Å². The van der Waals surface area contributed by atoms with Crippen LogP contribution in [0, 0.1) is 0 Å². The van der Waals surface area contributed by atoms with Crippen LogP contribution in [0.5, 0.6) is 0 Å². The van der Waals surface area contributed by atoms with Gasteiger partial charge in [0.15, 0.2) is 0 Å². The van der Waals surface area contributed by atoms with Gasteiger partial charge in [0.2, 0.25) is 0 Å². The van der Waals surface area contributed by atoms with Crippen LogP contribution in [0.1, 0.15) is 24.5 Å². The Hall–Kier alpha value is -0.940. The van der Waals surface area contributed by atoms with Crippen molar-refractivity contribution in [1.29, 1.82) is 0 Å². The van der Waals surface area contributed by atoms with Crippen molar-refractivity contribution >= 4 is 0 Å². The number of fused-ring (bicyclic) bond motifs is 2. The predicted octanol–water partition coefficient (Wildman–Crippen LogP) is 1.14. The molecule has 17 heavy (non-hydrogen) atoms. The molecule has 3 N–H and O–H groups in total. The van der Waals surface area contributed by atoms with E-state index in [0.717, 1.165) is 19.4 Å². The number of hydrogen-bond donors (Lipinski definition) is 2. The summed E-state index contributed by atoms with van der Waals surface area (Å²) < 4.78 is 6.24. The summed E-state index contributed by atoms with van der Waals surface area (Å²) in [7, 11) is 0. The molecule has 2 aliphatic rings. The van der Waals surface area contributed by atoms with Crippen molar-refractivity contribution < 1.29 is 9.57 Å². The second-order valence-corrected chi connectivity index (χ2v) is 4.94. The summed E-state index contributed by atoms with van der Waals surface area (Å²) >= 11 is 0. The van der Waals surface area contributed by atoms with Gasteiger partial charge in [-0.05, 0) is 12.0 Å². The van der Waals surface area contributed by atoms with Crippen LogP contribution in [0.2, 0.25) is 0 Å². The third-order valence-corrected chi connectivity index (χ3v) is 3.82. The summed E-state index contributed by atoms with van der Waals surface area (Å²) in [6.45, 7) is 1.46. The number of nitrogens with one attached hydrogen (secondary N) is 1. The van der Waals surface area contributed by atoms with Crippen molar-refractivity contribution in [3.8, 4) is 0 Å². The first kappa shape index (κ1) is 11.2. The van der Waals surface area contributed by atoms with Crippen molar-refractivity contribution in [1.82, 2.24) is 5.32 Å². The molecule has 1 aromatic carbocycles. The quantitative estimate of drug-likeness (QED) is 0.767. The Labute approximate surface area is 101 Å². The van der Waals surface area contributed by atoms with Gasteiger partial charge in [-0.2, -0.15) is 0 Å². The van der Waals surface area contributed by atoms with Gasteiger partial charge in [0.25, 0.3) is 0 Å². The molecule has 0 aliphatic carbocycles. The largest absolute Gasteiger partial charge is 0.364 e. The Bertz CT molecular complexity index is 384. The summed E-state index contributed by atoms with van der Waals surface area (Å²) in [4.78, 5) is 4.68. The van der Waals surface area contributed by atoms with Crippen LogP contribution in [0.15, 0.2) is 30.3 Å². The van der Waals surface area contributed by atoms with Gasteiger partial charge in [-0.15, -0.1) is 0 Å². The van der Waals surface area contributed by atoms with Crippen molar-refractivity contribution in [2.75, 3.05) is 13.2 Å². The fourth-order valence-corrected chi connectivity index (χ4v) is 2.95. The molecule has 2 aliphatic heterocycles. The van der Waals surface area contributed by atoms with Crippen molar-refractivity contribution in [3.63, 3.8) is 0 Å². The molecule has 4 heteroatoms. The molecule has 3 rings (SSSR count). The van der Waals surface area contributed by atoms with Gasteiger partial charge >= 0.3 is 0 Å². The first-order valence-electron chi connectivity index (χ1n) is 6.11. The van der Waals surface area contributed by atoms with E-state index in [0.29, 0.717) is 12.6 Å². The average molecular weight is 234 g/mol. The van der Waals surface area contributed by atoms with E-state index in [2.05, 4.69) is 34.4 Å². The molecule has 0 spiro atoms. The minimum absolute atomic E-state index is 0.0788. The van der Waals surface area contributed by atoms with E-state index in [1.807, 2.05) is 6.07 Å². The van der Waals surface area contributed by atoms with E-state index in [4.69, 9.17) is 10.6 Å². The highest BCUT2D eigenvalue weighted by Crippen LogP contribution is 2.45.